The molecule has 3 rings (SSSR count). The molecule has 0 radical (unpaired) electrons. The molecule has 5 nitrogen and oxygen atoms in total. The molecule has 7 heteroatoms. The number of hydrogen-bond acceptors (Lipinski definition) is 6. The van der Waals surface area contributed by atoms with Crippen LogP contribution in [0.5, 0.6) is 5.75 Å². The van der Waals surface area contributed by atoms with Crippen molar-refractivity contribution in [1.29, 1.82) is 0 Å². The Morgan fingerprint density at radius 2 is 2.10 bits per heavy atom. The molecule has 0 saturated carbocycles. The van der Waals surface area contributed by atoms with Crippen LogP contribution in [0, 0.1) is 5.82 Å². The largest absolute Gasteiger partial charge is 0.506 e. The maximum Gasteiger partial charge on any atom is 0.259 e. The number of aromatic hydroxyl groups is 1. The Morgan fingerprint density at radius 3 is 2.90 bits per heavy atom. The van der Waals surface area contributed by atoms with Crippen LogP contribution in [-0.2, 0) is 5.75 Å². The standard InChI is InChI=1S/C14H10FN3O2S/c15-11-3-1-2-4-12(11)21-8-13-17-14(20-18-13)9-5-10(19)7-16-6-9/h1-7,19H,8H2. The molecule has 106 valence electrons. The van der Waals surface area contributed by atoms with E-state index in [-0.39, 0.29) is 17.5 Å². The summed E-state index contributed by atoms with van der Waals surface area (Å²) < 4.78 is 18.6. The average Bonchev–Trinajstić information content (AvgIpc) is 2.95. The summed E-state index contributed by atoms with van der Waals surface area (Å²) in [5, 5.41) is 13.2. The predicted octanol–water partition coefficient (Wildman–Crippen LogP) is 3.27. The lowest BCUT2D eigenvalue weighted by atomic mass is 10.3. The van der Waals surface area contributed by atoms with E-state index < -0.39 is 0 Å². The first-order valence-corrected chi connectivity index (χ1v) is 7.05. The molecule has 0 aliphatic heterocycles. The topological polar surface area (TPSA) is 72.0 Å². The van der Waals surface area contributed by atoms with Crippen molar-refractivity contribution in [3.63, 3.8) is 0 Å². The molecule has 21 heavy (non-hydrogen) atoms. The summed E-state index contributed by atoms with van der Waals surface area (Å²) in [5.41, 5.74) is 0.532. The molecule has 1 N–H and O–H groups in total. The molecule has 0 saturated heterocycles. The normalized spacial score (nSPS) is 10.7. The van der Waals surface area contributed by atoms with E-state index in [2.05, 4.69) is 15.1 Å². The molecule has 0 unspecified atom stereocenters. The molecule has 0 spiro atoms. The van der Waals surface area contributed by atoms with Crippen LogP contribution in [0.1, 0.15) is 5.82 Å². The van der Waals surface area contributed by atoms with Crippen molar-refractivity contribution < 1.29 is 14.0 Å². The van der Waals surface area contributed by atoms with E-state index in [0.29, 0.717) is 22.0 Å². The van der Waals surface area contributed by atoms with Crippen LogP contribution in [0.25, 0.3) is 11.5 Å². The molecule has 1 aromatic carbocycles. The Kier molecular flexibility index (Phi) is 3.83. The minimum Gasteiger partial charge on any atom is -0.506 e. The number of pyridine rings is 1. The zero-order valence-electron chi connectivity index (χ0n) is 10.7. The molecular weight excluding hydrogens is 293 g/mol. The maximum atomic E-state index is 13.5. The smallest absolute Gasteiger partial charge is 0.259 e. The summed E-state index contributed by atoms with van der Waals surface area (Å²) in [7, 11) is 0. The SMILES string of the molecule is Oc1cncc(-c2nc(CSc3ccccc3F)no2)c1. The molecule has 2 aromatic heterocycles. The highest BCUT2D eigenvalue weighted by Crippen LogP contribution is 2.26. The minimum atomic E-state index is -0.275. The van der Waals surface area contributed by atoms with Gasteiger partial charge in [0.15, 0.2) is 5.82 Å². The molecule has 3 aromatic rings. The summed E-state index contributed by atoms with van der Waals surface area (Å²) in [6, 6.07) is 7.99. The van der Waals surface area contributed by atoms with Gasteiger partial charge in [0.25, 0.3) is 5.89 Å². The fraction of sp³-hybridized carbons (Fsp3) is 0.0714. The van der Waals surface area contributed by atoms with Crippen molar-refractivity contribution >= 4 is 11.8 Å². The molecule has 2 heterocycles. The lowest BCUT2D eigenvalue weighted by Crippen LogP contribution is -1.86. The van der Waals surface area contributed by atoms with Crippen LogP contribution in [0.2, 0.25) is 0 Å². The van der Waals surface area contributed by atoms with Gasteiger partial charge in [-0.25, -0.2) is 4.39 Å². The molecule has 0 aliphatic rings. The van der Waals surface area contributed by atoms with Crippen molar-refractivity contribution in [2.45, 2.75) is 10.6 Å². The Morgan fingerprint density at radius 1 is 1.24 bits per heavy atom. The Labute approximate surface area is 123 Å². The predicted molar refractivity (Wildman–Crippen MR) is 75.2 cm³/mol. The highest BCUT2D eigenvalue weighted by atomic mass is 32.2. The second-order valence-corrected chi connectivity index (χ2v) is 5.18. The van der Waals surface area contributed by atoms with Crippen LogP contribution in [0.4, 0.5) is 4.39 Å². The molecule has 0 bridgehead atoms. The average molecular weight is 303 g/mol. The molecule has 0 fully saturated rings. The number of hydrogen-bond donors (Lipinski definition) is 1. The van der Waals surface area contributed by atoms with Crippen LogP contribution in [0.3, 0.4) is 0 Å². The Hall–Kier alpha value is -2.41. The third-order valence-electron chi connectivity index (χ3n) is 2.63. The number of rotatable bonds is 4. The number of nitrogens with zero attached hydrogens (tertiary/aromatic N) is 3. The van der Waals surface area contributed by atoms with Gasteiger partial charge < -0.3 is 9.63 Å². The van der Waals surface area contributed by atoms with E-state index in [0.717, 1.165) is 0 Å². The zero-order valence-corrected chi connectivity index (χ0v) is 11.5. The zero-order chi connectivity index (χ0) is 14.7. The van der Waals surface area contributed by atoms with Gasteiger partial charge in [0.2, 0.25) is 0 Å². The van der Waals surface area contributed by atoms with Gasteiger partial charge in [0.05, 0.1) is 17.5 Å². The quantitative estimate of drug-likeness (QED) is 0.746. The summed E-state index contributed by atoms with van der Waals surface area (Å²) in [5.74, 6) is 0.844. The van der Waals surface area contributed by atoms with Crippen LogP contribution >= 0.6 is 11.8 Å². The summed E-state index contributed by atoms with van der Waals surface area (Å²) in [4.78, 5) is 8.57. The number of thioether (sulfide) groups is 1. The lowest BCUT2D eigenvalue weighted by molar-refractivity contribution is 0.424. The van der Waals surface area contributed by atoms with Gasteiger partial charge in [0, 0.05) is 11.1 Å². The van der Waals surface area contributed by atoms with Crippen molar-refractivity contribution in [2.24, 2.45) is 0 Å². The first-order valence-electron chi connectivity index (χ1n) is 6.06. The van der Waals surface area contributed by atoms with Gasteiger partial charge in [0.1, 0.15) is 11.6 Å². The summed E-state index contributed by atoms with van der Waals surface area (Å²) in [6.45, 7) is 0. The van der Waals surface area contributed by atoms with Crippen molar-refractivity contribution in [3.8, 4) is 17.2 Å². The number of halogens is 1. The van der Waals surface area contributed by atoms with E-state index in [1.807, 2.05) is 0 Å². The third kappa shape index (κ3) is 3.19. The lowest BCUT2D eigenvalue weighted by Gasteiger charge is -1.99. The Balaban J connectivity index is 1.72. The second-order valence-electron chi connectivity index (χ2n) is 4.17. The first-order chi connectivity index (χ1) is 10.2. The first kappa shape index (κ1) is 13.6. The van der Waals surface area contributed by atoms with Gasteiger partial charge >= 0.3 is 0 Å². The summed E-state index contributed by atoms with van der Waals surface area (Å²) >= 11 is 1.29. The van der Waals surface area contributed by atoms with E-state index in [9.17, 15) is 9.50 Å². The van der Waals surface area contributed by atoms with E-state index in [1.54, 1.807) is 18.2 Å². The van der Waals surface area contributed by atoms with Gasteiger partial charge in [-0.15, -0.1) is 11.8 Å². The monoisotopic (exact) mass is 303 g/mol. The van der Waals surface area contributed by atoms with Gasteiger partial charge in [-0.05, 0) is 18.2 Å². The van der Waals surface area contributed by atoms with Crippen LogP contribution in [-0.4, -0.2) is 20.2 Å². The van der Waals surface area contributed by atoms with Crippen LogP contribution in [0.15, 0.2) is 52.1 Å². The van der Waals surface area contributed by atoms with E-state index in [1.165, 1.54) is 36.3 Å². The van der Waals surface area contributed by atoms with Gasteiger partial charge in [-0.1, -0.05) is 17.3 Å². The van der Waals surface area contributed by atoms with E-state index >= 15 is 0 Å². The van der Waals surface area contributed by atoms with Gasteiger partial charge in [-0.2, -0.15) is 4.98 Å². The minimum absolute atomic E-state index is 0.0213. The Bertz CT molecular complexity index is 763. The van der Waals surface area contributed by atoms with Crippen molar-refractivity contribution in [3.05, 3.63) is 54.4 Å². The second kappa shape index (κ2) is 5.92. The molecule has 0 atom stereocenters. The number of aromatic nitrogens is 3. The molecule has 0 aliphatic carbocycles. The highest BCUT2D eigenvalue weighted by molar-refractivity contribution is 7.98. The van der Waals surface area contributed by atoms with Crippen LogP contribution < -0.4 is 0 Å². The molecular formula is C14H10FN3O2S. The number of benzene rings is 1. The van der Waals surface area contributed by atoms with E-state index in [4.69, 9.17) is 4.52 Å². The maximum absolute atomic E-state index is 13.5. The molecule has 0 amide bonds. The van der Waals surface area contributed by atoms with Gasteiger partial charge in [-0.3, -0.25) is 4.98 Å². The fourth-order valence-electron chi connectivity index (χ4n) is 1.68. The van der Waals surface area contributed by atoms with Crippen molar-refractivity contribution in [2.75, 3.05) is 0 Å². The summed E-state index contributed by atoms with van der Waals surface area (Å²) in [6.07, 6.45) is 2.83. The van der Waals surface area contributed by atoms with Crippen molar-refractivity contribution in [1.82, 2.24) is 15.1 Å². The fourth-order valence-corrected chi connectivity index (χ4v) is 2.46. The highest BCUT2D eigenvalue weighted by Gasteiger charge is 2.11. The third-order valence-corrected chi connectivity index (χ3v) is 3.68.